The molecule has 1 saturated carbocycles. The Labute approximate surface area is 165 Å². The topological polar surface area (TPSA) is 26.3 Å². The maximum Gasteiger partial charge on any atom is 0.201 e. The van der Waals surface area contributed by atoms with Gasteiger partial charge in [-0.05, 0) is 61.8 Å². The molecule has 148 valence electrons. The minimum atomic E-state index is -0.946. The lowest BCUT2D eigenvalue weighted by Gasteiger charge is -2.16. The minimum Gasteiger partial charge on any atom is -0.491 e. The van der Waals surface area contributed by atoms with Crippen LogP contribution in [0.25, 0.3) is 11.1 Å². The maximum atomic E-state index is 14.3. The molecule has 28 heavy (non-hydrogen) atoms. The van der Waals surface area contributed by atoms with E-state index in [2.05, 4.69) is 12.2 Å². The SMILES string of the molecule is CCOc1ccc(-c2ccc(CCC=CC3CCC(=O)CC3)cc2)c(F)c1F. The number of allylic oxidation sites excluding steroid dienone is 2. The monoisotopic (exact) mass is 384 g/mol. The predicted octanol–water partition coefficient (Wildman–Crippen LogP) is 6.28. The van der Waals surface area contributed by atoms with Gasteiger partial charge >= 0.3 is 0 Å². The lowest BCUT2D eigenvalue weighted by molar-refractivity contribution is -0.120. The number of halogens is 2. The molecule has 1 aliphatic rings. The molecule has 2 nitrogen and oxygen atoms in total. The molecule has 4 heteroatoms. The first kappa shape index (κ1) is 20.2. The van der Waals surface area contributed by atoms with Crippen molar-refractivity contribution in [2.24, 2.45) is 5.92 Å². The molecule has 1 aliphatic carbocycles. The second-order valence-corrected chi connectivity index (χ2v) is 7.21. The van der Waals surface area contributed by atoms with Gasteiger partial charge in [0.05, 0.1) is 6.61 Å². The van der Waals surface area contributed by atoms with E-state index in [4.69, 9.17) is 4.74 Å². The first-order chi connectivity index (χ1) is 13.6. The summed E-state index contributed by atoms with van der Waals surface area (Å²) in [5.74, 6) is -0.980. The summed E-state index contributed by atoms with van der Waals surface area (Å²) in [5, 5.41) is 0. The van der Waals surface area contributed by atoms with Gasteiger partial charge in [0, 0.05) is 18.4 Å². The Morgan fingerprint density at radius 1 is 1.04 bits per heavy atom. The van der Waals surface area contributed by atoms with Crippen molar-refractivity contribution in [3.63, 3.8) is 0 Å². The highest BCUT2D eigenvalue weighted by Gasteiger charge is 2.16. The number of ether oxygens (including phenoxy) is 1. The molecule has 0 aromatic heterocycles. The largest absolute Gasteiger partial charge is 0.491 e. The second-order valence-electron chi connectivity index (χ2n) is 7.21. The number of Topliss-reactive ketones (excluding diaryl/α,β-unsaturated/α-hetero) is 1. The van der Waals surface area contributed by atoms with Crippen LogP contribution in [-0.4, -0.2) is 12.4 Å². The molecular weight excluding hydrogens is 358 g/mol. The van der Waals surface area contributed by atoms with Gasteiger partial charge in [-0.25, -0.2) is 4.39 Å². The summed E-state index contributed by atoms with van der Waals surface area (Å²) in [5.41, 5.74) is 2.03. The fourth-order valence-corrected chi connectivity index (χ4v) is 3.57. The third-order valence-electron chi connectivity index (χ3n) is 5.21. The lowest BCUT2D eigenvalue weighted by atomic mass is 9.88. The highest BCUT2D eigenvalue weighted by molar-refractivity contribution is 5.79. The molecular formula is C24H26F2O2. The summed E-state index contributed by atoms with van der Waals surface area (Å²) in [7, 11) is 0. The van der Waals surface area contributed by atoms with Gasteiger partial charge in [0.25, 0.3) is 0 Å². The Morgan fingerprint density at radius 2 is 1.75 bits per heavy atom. The van der Waals surface area contributed by atoms with Crippen molar-refractivity contribution in [2.45, 2.75) is 45.4 Å². The summed E-state index contributed by atoms with van der Waals surface area (Å²) < 4.78 is 33.5. The number of carbonyl (C=O) groups is 1. The van der Waals surface area contributed by atoms with Crippen LogP contribution in [0.2, 0.25) is 0 Å². The highest BCUT2D eigenvalue weighted by atomic mass is 19.2. The van der Waals surface area contributed by atoms with Crippen LogP contribution < -0.4 is 4.74 Å². The molecule has 0 spiro atoms. The van der Waals surface area contributed by atoms with E-state index in [1.807, 2.05) is 24.3 Å². The van der Waals surface area contributed by atoms with Crippen molar-refractivity contribution in [1.82, 2.24) is 0 Å². The van der Waals surface area contributed by atoms with Crippen LogP contribution in [-0.2, 0) is 11.2 Å². The Kier molecular flexibility index (Phi) is 6.96. The molecule has 0 aliphatic heterocycles. The number of hydrogen-bond donors (Lipinski definition) is 0. The highest BCUT2D eigenvalue weighted by Crippen LogP contribution is 2.30. The zero-order chi connectivity index (χ0) is 19.9. The molecule has 0 N–H and O–H groups in total. The molecule has 0 heterocycles. The van der Waals surface area contributed by atoms with Gasteiger partial charge < -0.3 is 4.74 Å². The number of ketones is 1. The van der Waals surface area contributed by atoms with Gasteiger partial charge in [-0.1, -0.05) is 36.4 Å². The first-order valence-corrected chi connectivity index (χ1v) is 9.97. The summed E-state index contributed by atoms with van der Waals surface area (Å²) >= 11 is 0. The van der Waals surface area contributed by atoms with E-state index in [0.717, 1.165) is 31.2 Å². The molecule has 3 rings (SSSR count). The molecule has 0 radical (unpaired) electrons. The fraction of sp³-hybridized carbons (Fsp3) is 0.375. The summed E-state index contributed by atoms with van der Waals surface area (Å²) in [6.45, 7) is 2.02. The van der Waals surface area contributed by atoms with Gasteiger partial charge in [-0.2, -0.15) is 4.39 Å². The number of carbonyl (C=O) groups excluding carboxylic acids is 1. The average molecular weight is 384 g/mol. The minimum absolute atomic E-state index is 0.0607. The molecule has 0 saturated heterocycles. The molecule has 0 bridgehead atoms. The van der Waals surface area contributed by atoms with E-state index in [1.54, 1.807) is 13.0 Å². The molecule has 0 atom stereocenters. The number of rotatable bonds is 7. The van der Waals surface area contributed by atoms with Crippen molar-refractivity contribution in [2.75, 3.05) is 6.61 Å². The standard InChI is InChI=1S/C24H26F2O2/c1-2-28-22-16-15-21(23(25)24(22)26)19-11-7-17(8-12-19)5-3-4-6-18-9-13-20(27)14-10-18/h4,6-8,11-12,15-16,18H,2-3,5,9-10,13-14H2,1H3. The summed E-state index contributed by atoms with van der Waals surface area (Å²) in [6, 6.07) is 10.6. The molecule has 2 aromatic rings. The van der Waals surface area contributed by atoms with Crippen LogP contribution in [0.3, 0.4) is 0 Å². The number of hydrogen-bond acceptors (Lipinski definition) is 2. The van der Waals surface area contributed by atoms with Crippen LogP contribution in [0.4, 0.5) is 8.78 Å². The van der Waals surface area contributed by atoms with E-state index in [9.17, 15) is 13.6 Å². The molecule has 0 unspecified atom stereocenters. The fourth-order valence-electron chi connectivity index (χ4n) is 3.57. The van der Waals surface area contributed by atoms with Crippen LogP contribution >= 0.6 is 0 Å². The predicted molar refractivity (Wildman–Crippen MR) is 107 cm³/mol. The summed E-state index contributed by atoms with van der Waals surface area (Å²) in [6.07, 6.45) is 9.59. The lowest BCUT2D eigenvalue weighted by Crippen LogP contribution is -2.11. The molecule has 0 amide bonds. The quantitative estimate of drug-likeness (QED) is 0.525. The molecule has 1 fully saturated rings. The van der Waals surface area contributed by atoms with Gasteiger partial charge in [-0.15, -0.1) is 0 Å². The van der Waals surface area contributed by atoms with Crippen LogP contribution in [0, 0.1) is 17.6 Å². The van der Waals surface area contributed by atoms with Gasteiger partial charge in [0.2, 0.25) is 5.82 Å². The Balaban J connectivity index is 1.58. The first-order valence-electron chi connectivity index (χ1n) is 9.97. The van der Waals surface area contributed by atoms with Crippen molar-refractivity contribution >= 4 is 5.78 Å². The van der Waals surface area contributed by atoms with Crippen molar-refractivity contribution < 1.29 is 18.3 Å². The van der Waals surface area contributed by atoms with Crippen LogP contribution in [0.15, 0.2) is 48.6 Å². The smallest absolute Gasteiger partial charge is 0.201 e. The normalized spacial score (nSPS) is 15.3. The Hall–Kier alpha value is -2.49. The number of benzene rings is 2. The zero-order valence-electron chi connectivity index (χ0n) is 16.2. The van der Waals surface area contributed by atoms with E-state index in [0.29, 0.717) is 30.1 Å². The molecule has 2 aromatic carbocycles. The van der Waals surface area contributed by atoms with Crippen molar-refractivity contribution in [1.29, 1.82) is 0 Å². The maximum absolute atomic E-state index is 14.3. The third-order valence-corrected chi connectivity index (χ3v) is 5.21. The van der Waals surface area contributed by atoms with Gasteiger partial charge in [0.15, 0.2) is 11.6 Å². The van der Waals surface area contributed by atoms with E-state index in [-0.39, 0.29) is 17.9 Å². The van der Waals surface area contributed by atoms with Crippen LogP contribution in [0.5, 0.6) is 5.75 Å². The van der Waals surface area contributed by atoms with E-state index >= 15 is 0 Å². The second kappa shape index (κ2) is 9.63. The van der Waals surface area contributed by atoms with E-state index in [1.165, 1.54) is 6.07 Å². The van der Waals surface area contributed by atoms with Gasteiger partial charge in [-0.3, -0.25) is 4.79 Å². The Morgan fingerprint density at radius 3 is 2.43 bits per heavy atom. The van der Waals surface area contributed by atoms with Crippen molar-refractivity contribution in [3.8, 4) is 16.9 Å². The third kappa shape index (κ3) is 5.06. The number of aryl methyl sites for hydroxylation is 1. The van der Waals surface area contributed by atoms with Crippen molar-refractivity contribution in [3.05, 3.63) is 65.7 Å². The average Bonchev–Trinajstić information content (AvgIpc) is 2.71. The van der Waals surface area contributed by atoms with Gasteiger partial charge in [0.1, 0.15) is 5.78 Å². The Bertz CT molecular complexity index is 830. The zero-order valence-corrected chi connectivity index (χ0v) is 16.2. The van der Waals surface area contributed by atoms with Crippen LogP contribution in [0.1, 0.15) is 44.6 Å². The summed E-state index contributed by atoms with van der Waals surface area (Å²) in [4.78, 5) is 11.3. The van der Waals surface area contributed by atoms with E-state index < -0.39 is 11.6 Å².